The largest absolute Gasteiger partial charge is 0.495 e. The highest BCUT2D eigenvalue weighted by atomic mass is 35.5. The van der Waals surface area contributed by atoms with Gasteiger partial charge in [0, 0.05) is 22.5 Å². The van der Waals surface area contributed by atoms with Crippen LogP contribution < -0.4 is 15.0 Å². The first-order valence-corrected chi connectivity index (χ1v) is 11.4. The summed E-state index contributed by atoms with van der Waals surface area (Å²) < 4.78 is 11.7. The standard InChI is InChI=1S/C25H19Cl2N3O2S/c1-31-21-10-9-17(14-18(21)27)30-24(23(29-25(30)33)19-4-2-3-13-28-19)22-12-11-20(32-22)15-5-7-16(26)8-6-15/h2-14,23-24H,1H3,(H,29,33)/t23-,24-/m1/s1. The van der Waals surface area contributed by atoms with Gasteiger partial charge >= 0.3 is 0 Å². The summed E-state index contributed by atoms with van der Waals surface area (Å²) in [5.41, 5.74) is 2.62. The maximum atomic E-state index is 6.44. The van der Waals surface area contributed by atoms with Crippen LogP contribution in [0.4, 0.5) is 5.69 Å². The Balaban J connectivity index is 1.59. The summed E-state index contributed by atoms with van der Waals surface area (Å²) in [7, 11) is 1.59. The number of anilines is 1. The molecule has 1 aliphatic rings. The van der Waals surface area contributed by atoms with E-state index in [1.807, 2.05) is 77.7 Å². The minimum atomic E-state index is -0.280. The Morgan fingerprint density at radius 2 is 1.85 bits per heavy atom. The van der Waals surface area contributed by atoms with Gasteiger partial charge in [-0.25, -0.2) is 0 Å². The summed E-state index contributed by atoms with van der Waals surface area (Å²) in [5, 5.41) is 5.15. The summed E-state index contributed by atoms with van der Waals surface area (Å²) in [6, 6.07) is 22.4. The predicted molar refractivity (Wildman–Crippen MR) is 135 cm³/mol. The Labute approximate surface area is 206 Å². The third-order valence-electron chi connectivity index (χ3n) is 5.56. The van der Waals surface area contributed by atoms with Crippen molar-refractivity contribution >= 4 is 46.2 Å². The quantitative estimate of drug-likeness (QED) is 0.306. The SMILES string of the molecule is COc1ccc(N2C(=S)N[C@H](c3ccccn3)[C@H]2c2ccc(-c3ccc(Cl)cc3)o2)cc1Cl. The summed E-state index contributed by atoms with van der Waals surface area (Å²) in [5.74, 6) is 2.08. The molecule has 2 atom stereocenters. The lowest BCUT2D eigenvalue weighted by Crippen LogP contribution is -2.29. The van der Waals surface area contributed by atoms with Crippen LogP contribution in [0, 0.1) is 0 Å². The van der Waals surface area contributed by atoms with Crippen molar-refractivity contribution in [2.75, 3.05) is 12.0 Å². The van der Waals surface area contributed by atoms with Crippen LogP contribution in [0.25, 0.3) is 11.3 Å². The third-order valence-corrected chi connectivity index (χ3v) is 6.42. The van der Waals surface area contributed by atoms with Gasteiger partial charge in [-0.2, -0.15) is 0 Å². The maximum absolute atomic E-state index is 6.44. The van der Waals surface area contributed by atoms with Crippen LogP contribution in [0.15, 0.2) is 83.4 Å². The highest BCUT2D eigenvalue weighted by molar-refractivity contribution is 7.80. The molecule has 0 spiro atoms. The molecular weight excluding hydrogens is 477 g/mol. The highest BCUT2D eigenvalue weighted by Crippen LogP contribution is 2.44. The Morgan fingerprint density at radius 1 is 1.03 bits per heavy atom. The zero-order chi connectivity index (χ0) is 22.9. The van der Waals surface area contributed by atoms with Gasteiger partial charge < -0.3 is 19.4 Å². The topological polar surface area (TPSA) is 50.5 Å². The molecule has 2 aromatic carbocycles. The molecule has 0 saturated carbocycles. The second-order valence-electron chi connectivity index (χ2n) is 7.52. The normalized spacial score (nSPS) is 17.8. The van der Waals surface area contributed by atoms with Crippen molar-refractivity contribution in [2.24, 2.45) is 0 Å². The van der Waals surface area contributed by atoms with Crippen molar-refractivity contribution in [3.05, 3.63) is 100 Å². The number of furan rings is 1. The average molecular weight is 496 g/mol. The van der Waals surface area contributed by atoms with Crippen molar-refractivity contribution in [3.63, 3.8) is 0 Å². The number of pyridine rings is 1. The number of ether oxygens (including phenoxy) is 1. The van der Waals surface area contributed by atoms with Gasteiger partial charge in [-0.3, -0.25) is 4.98 Å². The van der Waals surface area contributed by atoms with E-state index in [1.54, 1.807) is 13.3 Å². The molecule has 33 heavy (non-hydrogen) atoms. The van der Waals surface area contributed by atoms with E-state index in [4.69, 9.17) is 44.6 Å². The van der Waals surface area contributed by atoms with E-state index in [1.165, 1.54) is 0 Å². The molecule has 0 bridgehead atoms. The number of hydrogen-bond acceptors (Lipinski definition) is 4. The van der Waals surface area contributed by atoms with Crippen LogP contribution in [0.5, 0.6) is 5.75 Å². The van der Waals surface area contributed by atoms with Gasteiger partial charge in [-0.1, -0.05) is 29.3 Å². The number of rotatable bonds is 5. The number of hydrogen-bond donors (Lipinski definition) is 1. The number of aromatic nitrogens is 1. The van der Waals surface area contributed by atoms with Crippen molar-refractivity contribution in [3.8, 4) is 17.1 Å². The molecule has 0 amide bonds. The van der Waals surface area contributed by atoms with Crippen LogP contribution in [0.2, 0.25) is 10.0 Å². The molecule has 1 fully saturated rings. The number of thiocarbonyl (C=S) groups is 1. The van der Waals surface area contributed by atoms with Crippen LogP contribution in [-0.4, -0.2) is 17.2 Å². The van der Waals surface area contributed by atoms with Crippen molar-refractivity contribution in [2.45, 2.75) is 12.1 Å². The number of halogens is 2. The molecule has 4 aromatic rings. The first-order chi connectivity index (χ1) is 16.0. The number of nitrogens with zero attached hydrogens (tertiary/aromatic N) is 2. The van der Waals surface area contributed by atoms with Gasteiger partial charge in [-0.05, 0) is 78.9 Å². The summed E-state index contributed by atoms with van der Waals surface area (Å²) in [6.45, 7) is 0. The van der Waals surface area contributed by atoms with Crippen molar-refractivity contribution in [1.29, 1.82) is 0 Å². The lowest BCUT2D eigenvalue weighted by Gasteiger charge is -2.26. The van der Waals surface area contributed by atoms with Gasteiger partial charge in [-0.15, -0.1) is 0 Å². The van der Waals surface area contributed by atoms with Crippen LogP contribution in [0.3, 0.4) is 0 Å². The average Bonchev–Trinajstić information content (AvgIpc) is 3.44. The minimum Gasteiger partial charge on any atom is -0.495 e. The minimum absolute atomic E-state index is 0.219. The molecule has 3 heterocycles. The predicted octanol–water partition coefficient (Wildman–Crippen LogP) is 6.83. The fourth-order valence-electron chi connectivity index (χ4n) is 4.01. The molecule has 2 aromatic heterocycles. The zero-order valence-electron chi connectivity index (χ0n) is 17.5. The van der Waals surface area contributed by atoms with E-state index >= 15 is 0 Å². The number of benzene rings is 2. The fraction of sp³-hybridized carbons (Fsp3) is 0.120. The first-order valence-electron chi connectivity index (χ1n) is 10.2. The van der Waals surface area contributed by atoms with E-state index < -0.39 is 0 Å². The van der Waals surface area contributed by atoms with Crippen molar-refractivity contribution in [1.82, 2.24) is 10.3 Å². The molecule has 5 rings (SSSR count). The number of methoxy groups -OCH3 is 1. The van der Waals surface area contributed by atoms with E-state index in [9.17, 15) is 0 Å². The highest BCUT2D eigenvalue weighted by Gasteiger charge is 2.42. The maximum Gasteiger partial charge on any atom is 0.174 e. The first kappa shape index (κ1) is 21.8. The lowest BCUT2D eigenvalue weighted by molar-refractivity contribution is 0.415. The third kappa shape index (κ3) is 4.17. The lowest BCUT2D eigenvalue weighted by atomic mass is 10.0. The Hall–Kier alpha value is -3.06. The molecule has 1 aliphatic heterocycles. The van der Waals surface area contributed by atoms with Gasteiger partial charge in [0.05, 0.1) is 23.9 Å². The van der Waals surface area contributed by atoms with Gasteiger partial charge in [0.2, 0.25) is 0 Å². The number of nitrogens with one attached hydrogen (secondary N) is 1. The molecular formula is C25H19Cl2N3O2S. The van der Waals surface area contributed by atoms with Gasteiger partial charge in [0.25, 0.3) is 0 Å². The molecule has 1 saturated heterocycles. The second kappa shape index (κ2) is 9.06. The van der Waals surface area contributed by atoms with Gasteiger partial charge in [0.15, 0.2) is 5.11 Å². The Bertz CT molecular complexity index is 1290. The summed E-state index contributed by atoms with van der Waals surface area (Å²) >= 11 is 18.2. The summed E-state index contributed by atoms with van der Waals surface area (Å²) in [4.78, 5) is 6.57. The summed E-state index contributed by atoms with van der Waals surface area (Å²) in [6.07, 6.45) is 1.77. The smallest absolute Gasteiger partial charge is 0.174 e. The molecule has 0 aliphatic carbocycles. The van der Waals surface area contributed by atoms with E-state index in [0.717, 1.165) is 28.5 Å². The van der Waals surface area contributed by atoms with Crippen LogP contribution >= 0.6 is 35.4 Å². The van der Waals surface area contributed by atoms with Gasteiger partial charge in [0.1, 0.15) is 23.3 Å². The molecule has 0 radical (unpaired) electrons. The van der Waals surface area contributed by atoms with E-state index in [-0.39, 0.29) is 12.1 Å². The van der Waals surface area contributed by atoms with Crippen LogP contribution in [0.1, 0.15) is 23.5 Å². The monoisotopic (exact) mass is 495 g/mol. The molecule has 8 heteroatoms. The van der Waals surface area contributed by atoms with Crippen LogP contribution in [-0.2, 0) is 0 Å². The van der Waals surface area contributed by atoms with Crippen molar-refractivity contribution < 1.29 is 9.15 Å². The molecule has 5 nitrogen and oxygen atoms in total. The van der Waals surface area contributed by atoms with E-state index in [0.29, 0.717) is 20.9 Å². The Kier molecular flexibility index (Phi) is 5.98. The second-order valence-corrected chi connectivity index (χ2v) is 8.75. The Morgan fingerprint density at radius 3 is 2.55 bits per heavy atom. The zero-order valence-corrected chi connectivity index (χ0v) is 19.9. The van der Waals surface area contributed by atoms with E-state index in [2.05, 4.69) is 10.3 Å². The molecule has 166 valence electrons. The fourth-order valence-corrected chi connectivity index (χ4v) is 4.73. The molecule has 0 unspecified atom stereocenters. The molecule has 1 N–H and O–H groups in total.